The molecule has 0 unspecified atom stereocenters. The molecular weight excluding hydrogens is 236 g/mol. The van der Waals surface area contributed by atoms with E-state index in [0.717, 1.165) is 23.4 Å². The molecule has 0 saturated heterocycles. The van der Waals surface area contributed by atoms with Crippen molar-refractivity contribution >= 4 is 5.91 Å². The molecule has 1 heterocycles. The van der Waals surface area contributed by atoms with E-state index < -0.39 is 0 Å². The number of hydrogen-bond donors (Lipinski definition) is 2. The summed E-state index contributed by atoms with van der Waals surface area (Å²) in [6, 6.07) is 8.43. The average molecular weight is 254 g/mol. The summed E-state index contributed by atoms with van der Waals surface area (Å²) < 4.78 is 0. The lowest BCUT2D eigenvalue weighted by Gasteiger charge is -2.16. The van der Waals surface area contributed by atoms with Crippen molar-refractivity contribution < 1.29 is 4.79 Å². The number of nitrogens with two attached hydrogens (primary N) is 1. The lowest BCUT2D eigenvalue weighted by atomic mass is 9.90. The third-order valence-electron chi connectivity index (χ3n) is 3.94. The van der Waals surface area contributed by atoms with Crippen LogP contribution in [-0.4, -0.2) is 10.9 Å². The van der Waals surface area contributed by atoms with Crippen LogP contribution in [0.5, 0.6) is 0 Å². The topological polar surface area (TPSA) is 58.9 Å². The Balaban J connectivity index is 2.02. The molecule has 1 aromatic heterocycles. The zero-order valence-corrected chi connectivity index (χ0v) is 11.1. The Hall–Kier alpha value is -2.03. The summed E-state index contributed by atoms with van der Waals surface area (Å²) in [5.74, 6) is -0.377. The van der Waals surface area contributed by atoms with E-state index in [9.17, 15) is 4.79 Å². The quantitative estimate of drug-likeness (QED) is 0.850. The van der Waals surface area contributed by atoms with Crippen LogP contribution in [0.25, 0.3) is 11.3 Å². The molecule has 0 atom stereocenters. The Morgan fingerprint density at radius 3 is 2.58 bits per heavy atom. The van der Waals surface area contributed by atoms with E-state index in [2.05, 4.69) is 23.2 Å². The van der Waals surface area contributed by atoms with Crippen LogP contribution in [0.3, 0.4) is 0 Å². The highest BCUT2D eigenvalue weighted by molar-refractivity contribution is 5.95. The molecule has 1 aliphatic carbocycles. The van der Waals surface area contributed by atoms with Crippen LogP contribution in [0.2, 0.25) is 0 Å². The smallest absolute Gasteiger partial charge is 0.250 e. The summed E-state index contributed by atoms with van der Waals surface area (Å²) in [5, 5.41) is 0. The van der Waals surface area contributed by atoms with E-state index >= 15 is 0 Å². The Morgan fingerprint density at radius 1 is 1.16 bits per heavy atom. The number of carbonyl (C=O) groups is 1. The van der Waals surface area contributed by atoms with Crippen LogP contribution in [0, 0.1) is 6.92 Å². The summed E-state index contributed by atoms with van der Waals surface area (Å²) in [6.07, 6.45) is 4.91. The number of fused-ring (bicyclic) bond motifs is 1. The molecule has 3 heteroatoms. The zero-order chi connectivity index (χ0) is 13.4. The van der Waals surface area contributed by atoms with Crippen LogP contribution in [0.15, 0.2) is 24.3 Å². The maximum absolute atomic E-state index is 11.3. The molecule has 0 radical (unpaired) electrons. The van der Waals surface area contributed by atoms with Crippen molar-refractivity contribution in [2.24, 2.45) is 5.73 Å². The number of hydrogen-bond acceptors (Lipinski definition) is 1. The van der Waals surface area contributed by atoms with Gasteiger partial charge in [0.15, 0.2) is 0 Å². The Kier molecular flexibility index (Phi) is 2.90. The van der Waals surface area contributed by atoms with Crippen molar-refractivity contribution in [1.82, 2.24) is 4.98 Å². The standard InChI is InChI=1S/C16H18N2O/c1-10-14(16(17)19)9-15(18-10)13-7-6-11-4-2-3-5-12(11)8-13/h6-9,18H,2-5H2,1H3,(H2,17,19). The van der Waals surface area contributed by atoms with Crippen molar-refractivity contribution in [3.8, 4) is 11.3 Å². The van der Waals surface area contributed by atoms with Gasteiger partial charge in [-0.3, -0.25) is 4.79 Å². The minimum atomic E-state index is -0.377. The van der Waals surface area contributed by atoms with E-state index in [1.54, 1.807) is 0 Å². The molecule has 3 N–H and O–H groups in total. The highest BCUT2D eigenvalue weighted by Crippen LogP contribution is 2.28. The van der Waals surface area contributed by atoms with Gasteiger partial charge >= 0.3 is 0 Å². The Morgan fingerprint density at radius 2 is 1.89 bits per heavy atom. The van der Waals surface area contributed by atoms with Gasteiger partial charge in [-0.15, -0.1) is 0 Å². The minimum absolute atomic E-state index is 0.377. The second-order valence-electron chi connectivity index (χ2n) is 5.28. The van der Waals surface area contributed by atoms with E-state index in [4.69, 9.17) is 5.73 Å². The molecule has 3 rings (SSSR count). The molecule has 0 aliphatic heterocycles. The number of amides is 1. The largest absolute Gasteiger partial charge is 0.366 e. The first-order chi connectivity index (χ1) is 9.15. The molecule has 19 heavy (non-hydrogen) atoms. The van der Waals surface area contributed by atoms with E-state index in [1.165, 1.54) is 30.4 Å². The first kappa shape index (κ1) is 12.0. The van der Waals surface area contributed by atoms with Crippen molar-refractivity contribution in [2.75, 3.05) is 0 Å². The normalized spacial score (nSPS) is 14.2. The fraction of sp³-hybridized carbons (Fsp3) is 0.312. The lowest BCUT2D eigenvalue weighted by Crippen LogP contribution is -2.10. The van der Waals surface area contributed by atoms with Crippen molar-refractivity contribution in [1.29, 1.82) is 0 Å². The number of benzene rings is 1. The number of nitrogens with one attached hydrogen (secondary N) is 1. The van der Waals surface area contributed by atoms with Gasteiger partial charge in [-0.25, -0.2) is 0 Å². The average Bonchev–Trinajstić information content (AvgIpc) is 2.80. The van der Waals surface area contributed by atoms with Gasteiger partial charge in [-0.1, -0.05) is 12.1 Å². The molecule has 3 nitrogen and oxygen atoms in total. The second kappa shape index (κ2) is 4.57. The number of H-pyrrole nitrogens is 1. The first-order valence-electron chi connectivity index (χ1n) is 6.77. The molecule has 0 spiro atoms. The number of aryl methyl sites for hydroxylation is 3. The third-order valence-corrected chi connectivity index (χ3v) is 3.94. The maximum Gasteiger partial charge on any atom is 0.250 e. The first-order valence-corrected chi connectivity index (χ1v) is 6.77. The Labute approximate surface area is 112 Å². The van der Waals surface area contributed by atoms with E-state index in [1.807, 2.05) is 13.0 Å². The summed E-state index contributed by atoms with van der Waals surface area (Å²) in [6.45, 7) is 1.88. The van der Waals surface area contributed by atoms with Crippen LogP contribution in [0.4, 0.5) is 0 Å². The molecule has 98 valence electrons. The van der Waals surface area contributed by atoms with Gasteiger partial charge in [-0.05, 0) is 61.4 Å². The van der Waals surface area contributed by atoms with Gasteiger partial charge in [0.25, 0.3) is 5.91 Å². The molecule has 0 saturated carbocycles. The number of primary amides is 1. The third kappa shape index (κ3) is 2.16. The van der Waals surface area contributed by atoms with Crippen LogP contribution in [0.1, 0.15) is 40.0 Å². The minimum Gasteiger partial charge on any atom is -0.366 e. The lowest BCUT2D eigenvalue weighted by molar-refractivity contribution is 0.1000. The van der Waals surface area contributed by atoms with Gasteiger partial charge in [0.1, 0.15) is 0 Å². The van der Waals surface area contributed by atoms with Crippen molar-refractivity contribution in [3.05, 3.63) is 46.6 Å². The summed E-state index contributed by atoms with van der Waals surface area (Å²) in [7, 11) is 0. The summed E-state index contributed by atoms with van der Waals surface area (Å²) >= 11 is 0. The molecule has 1 aromatic carbocycles. The van der Waals surface area contributed by atoms with Crippen LogP contribution >= 0.6 is 0 Å². The highest BCUT2D eigenvalue weighted by atomic mass is 16.1. The number of carbonyl (C=O) groups excluding carboxylic acids is 1. The van der Waals surface area contributed by atoms with Crippen molar-refractivity contribution in [3.63, 3.8) is 0 Å². The fourth-order valence-electron chi connectivity index (χ4n) is 2.87. The van der Waals surface area contributed by atoms with Crippen LogP contribution in [-0.2, 0) is 12.8 Å². The number of rotatable bonds is 2. The van der Waals surface area contributed by atoms with Gasteiger partial charge in [-0.2, -0.15) is 0 Å². The van der Waals surface area contributed by atoms with Gasteiger partial charge in [0.2, 0.25) is 0 Å². The SMILES string of the molecule is Cc1[nH]c(-c2ccc3c(c2)CCCC3)cc1C(N)=O. The fourth-order valence-corrected chi connectivity index (χ4v) is 2.87. The number of aromatic amines is 1. The second-order valence-corrected chi connectivity index (χ2v) is 5.28. The number of aromatic nitrogens is 1. The molecule has 0 fully saturated rings. The van der Waals surface area contributed by atoms with Gasteiger partial charge < -0.3 is 10.7 Å². The van der Waals surface area contributed by atoms with E-state index in [-0.39, 0.29) is 5.91 Å². The molecule has 0 bridgehead atoms. The van der Waals surface area contributed by atoms with Gasteiger partial charge in [0.05, 0.1) is 5.56 Å². The predicted molar refractivity (Wildman–Crippen MR) is 76.1 cm³/mol. The monoisotopic (exact) mass is 254 g/mol. The van der Waals surface area contributed by atoms with Crippen molar-refractivity contribution in [2.45, 2.75) is 32.6 Å². The summed E-state index contributed by atoms with van der Waals surface area (Å²) in [5.41, 5.74) is 11.8. The predicted octanol–water partition coefficient (Wildman–Crippen LogP) is 2.97. The Bertz CT molecular complexity index is 640. The van der Waals surface area contributed by atoms with Crippen LogP contribution < -0.4 is 5.73 Å². The summed E-state index contributed by atoms with van der Waals surface area (Å²) in [4.78, 5) is 14.5. The van der Waals surface area contributed by atoms with Gasteiger partial charge in [0, 0.05) is 11.4 Å². The zero-order valence-electron chi connectivity index (χ0n) is 11.1. The van der Waals surface area contributed by atoms with E-state index in [0.29, 0.717) is 5.56 Å². The maximum atomic E-state index is 11.3. The highest BCUT2D eigenvalue weighted by Gasteiger charge is 2.13. The molecule has 2 aromatic rings. The molecule has 1 aliphatic rings. The molecule has 1 amide bonds. The molecular formula is C16H18N2O.